The fourth-order valence-corrected chi connectivity index (χ4v) is 4.98. The second-order valence-corrected chi connectivity index (χ2v) is 10.9. The van der Waals surface area contributed by atoms with Gasteiger partial charge in [0.25, 0.3) is 9.04 Å². The number of nitrogens with one attached hydrogen (secondary N) is 1. The van der Waals surface area contributed by atoms with Crippen molar-refractivity contribution in [1.82, 2.24) is 5.32 Å². The normalized spacial score (nSPS) is 14.2. The molecule has 0 spiro atoms. The number of hydrogen-bond donors (Lipinski definition) is 2. The van der Waals surface area contributed by atoms with Crippen LogP contribution in [0.25, 0.3) is 0 Å². The Morgan fingerprint density at radius 2 is 1.61 bits per heavy atom. The third-order valence-corrected chi connectivity index (χ3v) is 7.18. The first-order valence-corrected chi connectivity index (χ1v) is 12.2. The van der Waals surface area contributed by atoms with Gasteiger partial charge in [-0.2, -0.15) is 13.2 Å². The molecule has 0 aliphatic carbocycles. The number of esters is 1. The Balaban J connectivity index is 1.91. The Hall–Kier alpha value is -2.20. The number of benzene rings is 2. The summed E-state index contributed by atoms with van der Waals surface area (Å²) in [6.45, 7) is 8.71. The zero-order chi connectivity index (χ0) is 24.6. The molecule has 0 saturated carbocycles. The lowest BCUT2D eigenvalue weighted by molar-refractivity contribution is -0.222. The summed E-state index contributed by atoms with van der Waals surface area (Å²) in [5.74, 6) is -2.42. The quantitative estimate of drug-likeness (QED) is 0.236. The van der Waals surface area contributed by atoms with Crippen molar-refractivity contribution in [3.8, 4) is 0 Å². The lowest BCUT2D eigenvalue weighted by atomic mass is 9.87. The van der Waals surface area contributed by atoms with Crippen LogP contribution in [0, 0.1) is 0 Å². The van der Waals surface area contributed by atoms with Crippen LogP contribution in [0.2, 0.25) is 0 Å². The van der Waals surface area contributed by atoms with Crippen molar-refractivity contribution in [2.45, 2.75) is 58.0 Å². The van der Waals surface area contributed by atoms with Crippen molar-refractivity contribution >= 4 is 25.4 Å². The van der Waals surface area contributed by atoms with Gasteiger partial charge in [0.15, 0.2) is 0 Å². The fourth-order valence-electron chi connectivity index (χ4n) is 3.00. The van der Waals surface area contributed by atoms with Crippen molar-refractivity contribution in [3.05, 3.63) is 60.2 Å². The first-order chi connectivity index (χ1) is 15.4. The van der Waals surface area contributed by atoms with Crippen molar-refractivity contribution in [3.63, 3.8) is 0 Å². The summed E-state index contributed by atoms with van der Waals surface area (Å²) in [6, 6.07) is 17.6. The van der Waals surface area contributed by atoms with Crippen LogP contribution in [0.5, 0.6) is 0 Å². The zero-order valence-electron chi connectivity index (χ0n) is 19.3. The number of ether oxygens (including phenoxy) is 1. The lowest BCUT2D eigenvalue weighted by Crippen LogP contribution is -2.46. The van der Waals surface area contributed by atoms with E-state index in [0.717, 1.165) is 10.4 Å². The van der Waals surface area contributed by atoms with Crippen LogP contribution in [-0.4, -0.2) is 51.8 Å². The minimum absolute atomic E-state index is 0.0559. The molecule has 2 aromatic rings. The van der Waals surface area contributed by atoms with Gasteiger partial charge >= 0.3 is 12.1 Å². The van der Waals surface area contributed by atoms with Crippen LogP contribution in [0.15, 0.2) is 54.6 Å². The van der Waals surface area contributed by atoms with Crippen molar-refractivity contribution < 1.29 is 32.2 Å². The molecule has 5 nitrogen and oxygen atoms in total. The molecule has 33 heavy (non-hydrogen) atoms. The van der Waals surface area contributed by atoms with Crippen LogP contribution in [0.1, 0.15) is 39.7 Å². The Labute approximate surface area is 194 Å². The van der Waals surface area contributed by atoms with E-state index in [-0.39, 0.29) is 5.41 Å². The standard InChI is InChI=1S/C24H31F3NO4Si/c1-17(21(29)32-22(30)24(25,26)27)28-15-8-16-31-33(19-9-6-5-7-10-19)20-13-11-18(12-14-20)23(2,3)4/h5-7,9-14,17,21,28-29H,8,15-16H2,1-4H3/t17-,21?/m0/s1. The maximum atomic E-state index is 12.2. The van der Waals surface area contributed by atoms with Gasteiger partial charge in [0.1, 0.15) is 0 Å². The monoisotopic (exact) mass is 482 g/mol. The number of carbonyl (C=O) groups excluding carboxylic acids is 1. The molecule has 1 radical (unpaired) electrons. The Kier molecular flexibility index (Phi) is 9.66. The summed E-state index contributed by atoms with van der Waals surface area (Å²) in [6.07, 6.45) is -6.48. The number of aliphatic hydroxyl groups is 1. The van der Waals surface area contributed by atoms with E-state index in [1.54, 1.807) is 0 Å². The van der Waals surface area contributed by atoms with Crippen molar-refractivity contribution in [2.24, 2.45) is 0 Å². The third kappa shape index (κ3) is 8.58. The fraction of sp³-hybridized carbons (Fsp3) is 0.458. The molecule has 0 saturated heterocycles. The molecule has 0 bridgehead atoms. The molecule has 0 fully saturated rings. The molecule has 0 aromatic heterocycles. The van der Waals surface area contributed by atoms with E-state index in [9.17, 15) is 23.1 Å². The van der Waals surface area contributed by atoms with Gasteiger partial charge in [-0.15, -0.1) is 0 Å². The Bertz CT molecular complexity index is 870. The summed E-state index contributed by atoms with van der Waals surface area (Å²) in [5.41, 5.74) is 1.30. The second kappa shape index (κ2) is 11.8. The van der Waals surface area contributed by atoms with Gasteiger partial charge in [-0.3, -0.25) is 0 Å². The molecule has 0 aliphatic heterocycles. The van der Waals surface area contributed by atoms with Gasteiger partial charge in [-0.25, -0.2) is 4.79 Å². The predicted molar refractivity (Wildman–Crippen MR) is 123 cm³/mol. The van der Waals surface area contributed by atoms with Gasteiger partial charge in [-0.05, 0) is 41.2 Å². The SMILES string of the molecule is C[C@H](NCCCO[Si](c1ccccc1)c1ccc(C(C)(C)C)cc1)C(O)OC(=O)C(F)(F)F. The maximum Gasteiger partial charge on any atom is 0.491 e. The van der Waals surface area contributed by atoms with E-state index >= 15 is 0 Å². The van der Waals surface area contributed by atoms with Gasteiger partial charge in [0.05, 0.1) is 6.04 Å². The largest absolute Gasteiger partial charge is 0.491 e. The molecule has 2 N–H and O–H groups in total. The van der Waals surface area contributed by atoms with E-state index in [1.807, 2.05) is 30.3 Å². The topological polar surface area (TPSA) is 67.8 Å². The molecule has 0 aliphatic rings. The van der Waals surface area contributed by atoms with Gasteiger partial charge < -0.3 is 19.6 Å². The highest BCUT2D eigenvalue weighted by molar-refractivity contribution is 6.80. The van der Waals surface area contributed by atoms with E-state index in [2.05, 4.69) is 55.1 Å². The first kappa shape index (κ1) is 27.0. The highest BCUT2D eigenvalue weighted by Crippen LogP contribution is 2.21. The second-order valence-electron chi connectivity index (χ2n) is 8.76. The number of aliphatic hydroxyl groups excluding tert-OH is 1. The van der Waals surface area contributed by atoms with Crippen LogP contribution >= 0.6 is 0 Å². The van der Waals surface area contributed by atoms with E-state index < -0.39 is 33.5 Å². The highest BCUT2D eigenvalue weighted by Gasteiger charge is 2.42. The summed E-state index contributed by atoms with van der Waals surface area (Å²) >= 11 is 0. The highest BCUT2D eigenvalue weighted by atomic mass is 28.3. The average molecular weight is 483 g/mol. The number of carbonyl (C=O) groups is 1. The molecule has 2 aromatic carbocycles. The number of hydrogen-bond acceptors (Lipinski definition) is 5. The summed E-state index contributed by atoms with van der Waals surface area (Å²) < 4.78 is 47.0. The van der Waals surface area contributed by atoms with Crippen molar-refractivity contribution in [2.75, 3.05) is 13.2 Å². The zero-order valence-corrected chi connectivity index (χ0v) is 20.3. The van der Waals surface area contributed by atoms with Crippen LogP contribution in [-0.2, 0) is 19.4 Å². The summed E-state index contributed by atoms with van der Waals surface area (Å²) in [4.78, 5) is 10.8. The summed E-state index contributed by atoms with van der Waals surface area (Å²) in [5, 5.41) is 14.7. The van der Waals surface area contributed by atoms with E-state index in [4.69, 9.17) is 4.43 Å². The minimum atomic E-state index is -5.14. The third-order valence-electron chi connectivity index (χ3n) is 4.97. The molecular formula is C24H31F3NO4Si. The van der Waals surface area contributed by atoms with Gasteiger partial charge in [0, 0.05) is 6.61 Å². The molecule has 2 atom stereocenters. The van der Waals surface area contributed by atoms with Crippen LogP contribution < -0.4 is 15.7 Å². The first-order valence-electron chi connectivity index (χ1n) is 10.7. The average Bonchev–Trinajstić information content (AvgIpc) is 2.75. The molecule has 181 valence electrons. The summed E-state index contributed by atoms with van der Waals surface area (Å²) in [7, 11) is -1.48. The Morgan fingerprint density at radius 1 is 1.03 bits per heavy atom. The molecule has 2 rings (SSSR count). The van der Waals surface area contributed by atoms with E-state index in [0.29, 0.717) is 19.6 Å². The maximum absolute atomic E-state index is 12.2. The van der Waals surface area contributed by atoms with Crippen LogP contribution in [0.4, 0.5) is 13.2 Å². The molecule has 0 heterocycles. The van der Waals surface area contributed by atoms with Gasteiger partial charge in [-0.1, -0.05) is 75.4 Å². The Morgan fingerprint density at radius 3 is 2.15 bits per heavy atom. The predicted octanol–water partition coefficient (Wildman–Crippen LogP) is 2.90. The van der Waals surface area contributed by atoms with Crippen LogP contribution in [0.3, 0.4) is 0 Å². The molecule has 0 amide bonds. The number of alkyl halides is 3. The molecular weight excluding hydrogens is 451 g/mol. The van der Waals surface area contributed by atoms with Gasteiger partial charge in [0.2, 0.25) is 6.29 Å². The lowest BCUT2D eigenvalue weighted by Gasteiger charge is -2.22. The smallest absolute Gasteiger partial charge is 0.428 e. The molecule has 1 unspecified atom stereocenters. The van der Waals surface area contributed by atoms with Crippen molar-refractivity contribution in [1.29, 1.82) is 0 Å². The minimum Gasteiger partial charge on any atom is -0.428 e. The number of halogens is 3. The molecule has 9 heteroatoms. The van der Waals surface area contributed by atoms with E-state index in [1.165, 1.54) is 12.5 Å². The number of rotatable bonds is 10.